The first-order valence-corrected chi connectivity index (χ1v) is 7.64. The van der Waals surface area contributed by atoms with Gasteiger partial charge in [-0.1, -0.05) is 6.07 Å². The Hall–Kier alpha value is -1.50. The molecule has 1 aliphatic heterocycles. The van der Waals surface area contributed by atoms with Gasteiger partial charge in [0.05, 0.1) is 26.9 Å². The summed E-state index contributed by atoms with van der Waals surface area (Å²) in [6.45, 7) is 6.96. The lowest BCUT2D eigenvalue weighted by Crippen LogP contribution is -3.14. The third-order valence-corrected chi connectivity index (χ3v) is 3.60. The fourth-order valence-corrected chi connectivity index (χ4v) is 2.41. The predicted octanol–water partition coefficient (Wildman–Crippen LogP) is -2.83. The molecule has 23 heavy (non-hydrogen) atoms. The number of rotatable bonds is 7. The molecule has 0 unspecified atom stereocenters. The average Bonchev–Trinajstić information content (AvgIpc) is 2.56. The quantitative estimate of drug-likeness (QED) is 0.540. The summed E-state index contributed by atoms with van der Waals surface area (Å²) >= 11 is 0. The van der Waals surface area contributed by atoms with Gasteiger partial charge in [0.25, 0.3) is 0 Å². The highest BCUT2D eigenvalue weighted by Crippen LogP contribution is 2.31. The Labute approximate surface area is 143 Å². The first-order valence-electron chi connectivity index (χ1n) is 7.64. The monoisotopic (exact) mass is 345 g/mol. The van der Waals surface area contributed by atoms with E-state index in [0.717, 1.165) is 32.8 Å². The van der Waals surface area contributed by atoms with Crippen molar-refractivity contribution >= 4 is 5.97 Å². The summed E-state index contributed by atoms with van der Waals surface area (Å²) in [7, 11) is 1.55. The Morgan fingerprint density at radius 2 is 2.04 bits per heavy atom. The number of esters is 1. The van der Waals surface area contributed by atoms with Crippen LogP contribution in [0, 0.1) is 0 Å². The molecule has 1 N–H and O–H groups in total. The van der Waals surface area contributed by atoms with E-state index in [-0.39, 0.29) is 18.4 Å². The number of ether oxygens (including phenoxy) is 4. The lowest BCUT2D eigenvalue weighted by molar-refractivity contribution is -0.908. The van der Waals surface area contributed by atoms with Crippen LogP contribution in [0.5, 0.6) is 11.5 Å². The Bertz CT molecular complexity index is 491. The summed E-state index contributed by atoms with van der Waals surface area (Å²) in [6.07, 6.45) is 0. The van der Waals surface area contributed by atoms with Gasteiger partial charge in [0.15, 0.2) is 11.5 Å². The van der Waals surface area contributed by atoms with Gasteiger partial charge in [-0.15, -0.1) is 0 Å². The van der Waals surface area contributed by atoms with Gasteiger partial charge in [-0.25, -0.2) is 4.79 Å². The molecule has 6 nitrogen and oxygen atoms in total. The first kappa shape index (κ1) is 19.5. The Morgan fingerprint density at radius 1 is 1.30 bits per heavy atom. The van der Waals surface area contributed by atoms with E-state index in [1.807, 2.05) is 6.92 Å². The first-order chi connectivity index (χ1) is 10.8. The van der Waals surface area contributed by atoms with Crippen LogP contribution in [0.4, 0.5) is 0 Å². The van der Waals surface area contributed by atoms with Crippen molar-refractivity contribution in [1.82, 2.24) is 0 Å². The summed E-state index contributed by atoms with van der Waals surface area (Å²) in [5, 5.41) is 0. The number of carbonyl (C=O) groups is 1. The number of morpholine rings is 1. The molecule has 1 saturated heterocycles. The highest BCUT2D eigenvalue weighted by Gasteiger charge is 2.19. The van der Waals surface area contributed by atoms with Crippen molar-refractivity contribution in [3.8, 4) is 11.5 Å². The minimum absolute atomic E-state index is 0. The third kappa shape index (κ3) is 5.57. The van der Waals surface area contributed by atoms with E-state index in [4.69, 9.17) is 18.9 Å². The molecule has 7 heteroatoms. The van der Waals surface area contributed by atoms with Crippen LogP contribution < -0.4 is 26.8 Å². The van der Waals surface area contributed by atoms with Crippen LogP contribution in [0.25, 0.3) is 0 Å². The lowest BCUT2D eigenvalue weighted by Gasteiger charge is -2.23. The molecule has 1 heterocycles. The second-order valence-electron chi connectivity index (χ2n) is 5.02. The summed E-state index contributed by atoms with van der Waals surface area (Å²) in [4.78, 5) is 13.7. The zero-order valence-electron chi connectivity index (χ0n) is 13.6. The molecular formula is C16H24ClNO5. The van der Waals surface area contributed by atoms with Gasteiger partial charge in [-0.05, 0) is 19.1 Å². The van der Waals surface area contributed by atoms with Crippen molar-refractivity contribution in [1.29, 1.82) is 0 Å². The number of hydrogen-bond acceptors (Lipinski definition) is 5. The average molecular weight is 346 g/mol. The normalized spacial score (nSPS) is 14.7. The summed E-state index contributed by atoms with van der Waals surface area (Å²) < 4.78 is 21.5. The Kier molecular flexibility index (Phi) is 8.76. The lowest BCUT2D eigenvalue weighted by atomic mass is 10.2. The molecule has 0 spiro atoms. The molecule has 1 fully saturated rings. The van der Waals surface area contributed by atoms with E-state index < -0.39 is 0 Å². The van der Waals surface area contributed by atoms with E-state index in [9.17, 15) is 4.79 Å². The zero-order chi connectivity index (χ0) is 15.8. The van der Waals surface area contributed by atoms with Crippen molar-refractivity contribution in [3.63, 3.8) is 0 Å². The van der Waals surface area contributed by atoms with Crippen LogP contribution in [0.3, 0.4) is 0 Å². The van der Waals surface area contributed by atoms with Crippen LogP contribution in [-0.4, -0.2) is 59.1 Å². The van der Waals surface area contributed by atoms with Crippen molar-refractivity contribution < 1.29 is 41.0 Å². The fourth-order valence-electron chi connectivity index (χ4n) is 2.41. The van der Waals surface area contributed by atoms with Gasteiger partial charge in [-0.3, -0.25) is 0 Å². The van der Waals surface area contributed by atoms with E-state index in [1.54, 1.807) is 25.3 Å². The van der Waals surface area contributed by atoms with Crippen LogP contribution in [0.1, 0.15) is 17.3 Å². The molecule has 0 amide bonds. The predicted molar refractivity (Wildman–Crippen MR) is 80.8 cm³/mol. The Morgan fingerprint density at radius 3 is 2.70 bits per heavy atom. The summed E-state index contributed by atoms with van der Waals surface area (Å²) in [6, 6.07) is 5.21. The molecule has 130 valence electrons. The van der Waals surface area contributed by atoms with Crippen LogP contribution >= 0.6 is 0 Å². The SMILES string of the molecule is CCOc1c(OC)cccc1C(=O)OCC[NH+]1CCOCC1.[Cl-]. The van der Waals surface area contributed by atoms with Crippen molar-refractivity contribution in [2.24, 2.45) is 0 Å². The van der Waals surface area contributed by atoms with Gasteiger partial charge >= 0.3 is 5.97 Å². The topological polar surface area (TPSA) is 58.4 Å². The molecule has 0 atom stereocenters. The van der Waals surface area contributed by atoms with Crippen LogP contribution in [0.15, 0.2) is 18.2 Å². The highest BCUT2D eigenvalue weighted by atomic mass is 35.5. The number of carbonyl (C=O) groups excluding carboxylic acids is 1. The largest absolute Gasteiger partial charge is 1.00 e. The van der Waals surface area contributed by atoms with Crippen LogP contribution in [-0.2, 0) is 9.47 Å². The minimum atomic E-state index is -0.380. The van der Waals surface area contributed by atoms with Crippen LogP contribution in [0.2, 0.25) is 0 Å². The van der Waals surface area contributed by atoms with Gasteiger partial charge in [-0.2, -0.15) is 0 Å². The number of nitrogens with one attached hydrogen (secondary N) is 1. The zero-order valence-corrected chi connectivity index (χ0v) is 14.4. The maximum atomic E-state index is 12.3. The summed E-state index contributed by atoms with van der Waals surface area (Å²) in [5.74, 6) is 0.598. The van der Waals surface area contributed by atoms with Crippen molar-refractivity contribution in [2.75, 3.05) is 53.2 Å². The van der Waals surface area contributed by atoms with Gasteiger partial charge in [0.1, 0.15) is 31.8 Å². The summed E-state index contributed by atoms with van der Waals surface area (Å²) in [5.41, 5.74) is 0.401. The number of benzene rings is 1. The molecule has 1 aromatic carbocycles. The van der Waals surface area contributed by atoms with Gasteiger partial charge in [0, 0.05) is 0 Å². The number of para-hydroxylation sites is 1. The van der Waals surface area contributed by atoms with Gasteiger partial charge < -0.3 is 36.3 Å². The molecule has 2 rings (SSSR count). The van der Waals surface area contributed by atoms with E-state index in [0.29, 0.717) is 30.3 Å². The number of methoxy groups -OCH3 is 1. The second-order valence-corrected chi connectivity index (χ2v) is 5.02. The smallest absolute Gasteiger partial charge is 0.342 e. The van der Waals surface area contributed by atoms with Gasteiger partial charge in [0.2, 0.25) is 0 Å². The molecule has 0 aromatic heterocycles. The van der Waals surface area contributed by atoms with E-state index in [2.05, 4.69) is 0 Å². The number of quaternary nitrogens is 1. The number of hydrogen-bond donors (Lipinski definition) is 1. The minimum Gasteiger partial charge on any atom is -1.00 e. The highest BCUT2D eigenvalue weighted by molar-refractivity contribution is 5.93. The maximum absolute atomic E-state index is 12.3. The molecule has 1 aromatic rings. The molecule has 0 bridgehead atoms. The maximum Gasteiger partial charge on any atom is 0.342 e. The Balaban J connectivity index is 0.00000264. The molecule has 0 saturated carbocycles. The van der Waals surface area contributed by atoms with Crippen molar-refractivity contribution in [2.45, 2.75) is 6.92 Å². The fraction of sp³-hybridized carbons (Fsp3) is 0.562. The van der Waals surface area contributed by atoms with Crippen molar-refractivity contribution in [3.05, 3.63) is 23.8 Å². The molecule has 1 aliphatic rings. The standard InChI is InChI=1S/C16H23NO5.ClH/c1-3-21-15-13(5-4-6-14(15)19-2)16(18)22-12-9-17-7-10-20-11-8-17;/h4-6H,3,7-12H2,1-2H3;1H. The number of halogens is 1. The second kappa shape index (κ2) is 10.3. The van der Waals surface area contributed by atoms with E-state index in [1.165, 1.54) is 4.90 Å². The molecular weight excluding hydrogens is 322 g/mol. The third-order valence-electron chi connectivity index (χ3n) is 3.60. The molecule has 0 radical (unpaired) electrons. The van der Waals surface area contributed by atoms with E-state index >= 15 is 0 Å². The molecule has 0 aliphatic carbocycles.